The van der Waals surface area contributed by atoms with Gasteiger partial charge in [0.2, 0.25) is 0 Å². The molecule has 1 aliphatic rings. The Labute approximate surface area is 131 Å². The second-order valence-electron chi connectivity index (χ2n) is 4.90. The molecule has 0 atom stereocenters. The number of ether oxygens (including phenoxy) is 2. The van der Waals surface area contributed by atoms with Crippen LogP contribution in [0.3, 0.4) is 0 Å². The number of hydrogen-bond donors (Lipinski definition) is 1. The average molecular weight is 352 g/mol. The van der Waals surface area contributed by atoms with Crippen molar-refractivity contribution in [1.29, 1.82) is 0 Å². The lowest BCUT2D eigenvalue weighted by Crippen LogP contribution is -2.15. The summed E-state index contributed by atoms with van der Waals surface area (Å²) >= 11 is 3.52. The number of anilines is 1. The van der Waals surface area contributed by atoms with Gasteiger partial charge in [-0.15, -0.1) is 0 Å². The lowest BCUT2D eigenvalue weighted by Gasteiger charge is -2.20. The Morgan fingerprint density at radius 3 is 2.57 bits per heavy atom. The maximum Gasteiger partial charge on any atom is 0.163 e. The molecule has 0 bridgehead atoms. The first-order valence-electron chi connectivity index (χ1n) is 6.71. The fourth-order valence-electron chi connectivity index (χ4n) is 2.25. The van der Waals surface area contributed by atoms with Gasteiger partial charge in [0.15, 0.2) is 11.5 Å². The van der Waals surface area contributed by atoms with Gasteiger partial charge >= 0.3 is 0 Å². The van der Waals surface area contributed by atoms with E-state index in [1.165, 1.54) is 12.1 Å². The van der Waals surface area contributed by atoms with Gasteiger partial charge in [-0.1, -0.05) is 6.07 Å². The lowest BCUT2D eigenvalue weighted by atomic mass is 10.1. The van der Waals surface area contributed by atoms with Crippen molar-refractivity contribution in [2.45, 2.75) is 13.5 Å². The molecule has 2 aromatic rings. The molecule has 3 nitrogen and oxygen atoms in total. The van der Waals surface area contributed by atoms with Crippen LogP contribution >= 0.6 is 15.9 Å². The maximum atomic E-state index is 13.1. The molecule has 0 unspecified atom stereocenters. The average Bonchev–Trinajstić information content (AvgIpc) is 2.46. The fourth-order valence-corrected chi connectivity index (χ4v) is 2.71. The first kappa shape index (κ1) is 14.2. The van der Waals surface area contributed by atoms with Crippen LogP contribution in [-0.2, 0) is 6.54 Å². The largest absolute Gasteiger partial charge is 0.486 e. The zero-order valence-corrected chi connectivity index (χ0v) is 13.2. The van der Waals surface area contributed by atoms with Crippen molar-refractivity contribution in [2.75, 3.05) is 18.5 Å². The summed E-state index contributed by atoms with van der Waals surface area (Å²) in [5, 5.41) is 3.33. The van der Waals surface area contributed by atoms with Gasteiger partial charge in [-0.25, -0.2) is 4.39 Å². The van der Waals surface area contributed by atoms with E-state index in [0.717, 1.165) is 32.8 Å². The highest BCUT2D eigenvalue weighted by atomic mass is 79.9. The van der Waals surface area contributed by atoms with Crippen molar-refractivity contribution in [2.24, 2.45) is 0 Å². The molecule has 2 aromatic carbocycles. The Morgan fingerprint density at radius 2 is 1.86 bits per heavy atom. The quantitative estimate of drug-likeness (QED) is 0.895. The number of aryl methyl sites for hydroxylation is 1. The third-order valence-electron chi connectivity index (χ3n) is 3.41. The fraction of sp³-hybridized carbons (Fsp3) is 0.250. The van der Waals surface area contributed by atoms with E-state index in [1.54, 1.807) is 6.07 Å². The molecule has 0 amide bonds. The molecule has 1 aliphatic heterocycles. The minimum atomic E-state index is -0.211. The third-order valence-corrected chi connectivity index (χ3v) is 4.06. The number of rotatable bonds is 3. The van der Waals surface area contributed by atoms with Gasteiger partial charge in [0, 0.05) is 23.2 Å². The van der Waals surface area contributed by atoms with Crippen molar-refractivity contribution in [3.63, 3.8) is 0 Å². The highest BCUT2D eigenvalue weighted by molar-refractivity contribution is 9.10. The van der Waals surface area contributed by atoms with E-state index >= 15 is 0 Å². The highest BCUT2D eigenvalue weighted by Crippen LogP contribution is 2.38. The van der Waals surface area contributed by atoms with Crippen LogP contribution in [0.25, 0.3) is 0 Å². The molecule has 21 heavy (non-hydrogen) atoms. The Morgan fingerprint density at radius 1 is 1.14 bits per heavy atom. The summed E-state index contributed by atoms with van der Waals surface area (Å²) in [6, 6.07) is 8.62. The Balaban J connectivity index is 1.78. The van der Waals surface area contributed by atoms with Crippen LogP contribution < -0.4 is 14.8 Å². The molecule has 0 saturated heterocycles. The molecule has 0 radical (unpaired) electrons. The standard InChI is InChI=1S/C16H15BrFNO2/c1-10-6-12(18)3-2-11(10)9-19-14-8-16-15(7-13(14)17)20-4-5-21-16/h2-3,6-8,19H,4-5,9H2,1H3. The number of hydrogen-bond acceptors (Lipinski definition) is 3. The van der Waals surface area contributed by atoms with Crippen LogP contribution in [0.2, 0.25) is 0 Å². The minimum Gasteiger partial charge on any atom is -0.486 e. The number of halogens is 2. The highest BCUT2D eigenvalue weighted by Gasteiger charge is 2.14. The maximum absolute atomic E-state index is 13.1. The van der Waals surface area contributed by atoms with Crippen LogP contribution in [-0.4, -0.2) is 13.2 Å². The normalized spacial score (nSPS) is 13.1. The monoisotopic (exact) mass is 351 g/mol. The minimum absolute atomic E-state index is 0.211. The first-order valence-corrected chi connectivity index (χ1v) is 7.51. The van der Waals surface area contributed by atoms with E-state index in [4.69, 9.17) is 9.47 Å². The predicted octanol–water partition coefficient (Wildman–Crippen LogP) is 4.28. The summed E-state index contributed by atoms with van der Waals surface area (Å²) in [7, 11) is 0. The van der Waals surface area contributed by atoms with Gasteiger partial charge in [-0.05, 0) is 46.1 Å². The number of nitrogens with one attached hydrogen (secondary N) is 1. The van der Waals surface area contributed by atoms with E-state index in [1.807, 2.05) is 19.1 Å². The molecular weight excluding hydrogens is 337 g/mol. The van der Waals surface area contributed by atoms with E-state index in [9.17, 15) is 4.39 Å². The van der Waals surface area contributed by atoms with Gasteiger partial charge in [0.05, 0.1) is 5.69 Å². The topological polar surface area (TPSA) is 30.5 Å². The molecule has 3 rings (SSSR count). The van der Waals surface area contributed by atoms with Crippen molar-refractivity contribution in [1.82, 2.24) is 0 Å². The zero-order valence-electron chi connectivity index (χ0n) is 11.6. The summed E-state index contributed by atoms with van der Waals surface area (Å²) in [4.78, 5) is 0. The Bertz CT molecular complexity index is 676. The van der Waals surface area contributed by atoms with Gasteiger partial charge in [-0.3, -0.25) is 0 Å². The van der Waals surface area contributed by atoms with Crippen LogP contribution in [0, 0.1) is 12.7 Å². The van der Waals surface area contributed by atoms with Crippen molar-refractivity contribution in [3.05, 3.63) is 51.7 Å². The Kier molecular flexibility index (Phi) is 4.01. The molecule has 0 aliphatic carbocycles. The van der Waals surface area contributed by atoms with Crippen LogP contribution in [0.15, 0.2) is 34.8 Å². The van der Waals surface area contributed by atoms with Gasteiger partial charge in [0.25, 0.3) is 0 Å². The van der Waals surface area contributed by atoms with Gasteiger partial charge < -0.3 is 14.8 Å². The van der Waals surface area contributed by atoms with Crippen molar-refractivity contribution >= 4 is 21.6 Å². The van der Waals surface area contributed by atoms with Crippen LogP contribution in [0.4, 0.5) is 10.1 Å². The Hall–Kier alpha value is -1.75. The zero-order chi connectivity index (χ0) is 14.8. The summed E-state index contributed by atoms with van der Waals surface area (Å²) in [6.45, 7) is 3.65. The molecule has 5 heteroatoms. The molecule has 1 N–H and O–H groups in total. The molecular formula is C16H15BrFNO2. The molecule has 0 saturated carbocycles. The molecule has 0 fully saturated rings. The van der Waals surface area contributed by atoms with E-state index in [2.05, 4.69) is 21.2 Å². The molecule has 0 aromatic heterocycles. The summed E-state index contributed by atoms with van der Waals surface area (Å²) < 4.78 is 25.1. The second kappa shape index (κ2) is 5.93. The van der Waals surface area contributed by atoms with E-state index < -0.39 is 0 Å². The van der Waals surface area contributed by atoms with Crippen molar-refractivity contribution < 1.29 is 13.9 Å². The summed E-state index contributed by atoms with van der Waals surface area (Å²) in [5.41, 5.74) is 2.90. The van der Waals surface area contributed by atoms with Crippen LogP contribution in [0.1, 0.15) is 11.1 Å². The first-order chi connectivity index (χ1) is 10.1. The van der Waals surface area contributed by atoms with Crippen LogP contribution in [0.5, 0.6) is 11.5 Å². The number of benzene rings is 2. The van der Waals surface area contributed by atoms with Crippen molar-refractivity contribution in [3.8, 4) is 11.5 Å². The summed E-state index contributed by atoms with van der Waals surface area (Å²) in [5.74, 6) is 1.27. The van der Waals surface area contributed by atoms with E-state index in [-0.39, 0.29) is 5.82 Å². The predicted molar refractivity (Wildman–Crippen MR) is 83.6 cm³/mol. The van der Waals surface area contributed by atoms with Gasteiger partial charge in [-0.2, -0.15) is 0 Å². The van der Waals surface area contributed by atoms with Gasteiger partial charge in [0.1, 0.15) is 19.0 Å². The SMILES string of the molecule is Cc1cc(F)ccc1CNc1cc2c(cc1Br)OCCO2. The lowest BCUT2D eigenvalue weighted by molar-refractivity contribution is 0.171. The smallest absolute Gasteiger partial charge is 0.163 e. The third kappa shape index (κ3) is 3.13. The number of fused-ring (bicyclic) bond motifs is 1. The summed E-state index contributed by atoms with van der Waals surface area (Å²) in [6.07, 6.45) is 0. The van der Waals surface area contributed by atoms with E-state index in [0.29, 0.717) is 19.8 Å². The molecule has 1 heterocycles. The molecule has 0 spiro atoms. The molecule has 110 valence electrons. The second-order valence-corrected chi connectivity index (χ2v) is 5.75.